The number of hydrogen-bond acceptors (Lipinski definition) is 4. The van der Waals surface area contributed by atoms with Crippen molar-refractivity contribution in [1.82, 2.24) is 10.2 Å². The van der Waals surface area contributed by atoms with Gasteiger partial charge < -0.3 is 21.1 Å². The molecular weight excluding hydrogens is 194 g/mol. The maximum absolute atomic E-state index is 11.3. The Kier molecular flexibility index (Phi) is 5.60. The SMILES string of the molecule is NCCCNCCCN1CC(O)CC1=O. The van der Waals surface area contributed by atoms with Crippen molar-refractivity contribution in [3.05, 3.63) is 0 Å². The van der Waals surface area contributed by atoms with Gasteiger partial charge in [0.2, 0.25) is 5.91 Å². The normalized spacial score (nSPS) is 21.3. The van der Waals surface area contributed by atoms with Crippen LogP contribution in [-0.2, 0) is 4.79 Å². The molecule has 5 nitrogen and oxygen atoms in total. The highest BCUT2D eigenvalue weighted by atomic mass is 16.3. The Morgan fingerprint density at radius 3 is 2.80 bits per heavy atom. The summed E-state index contributed by atoms with van der Waals surface area (Å²) in [6.07, 6.45) is 1.76. The second-order valence-electron chi connectivity index (χ2n) is 3.94. The molecule has 0 spiro atoms. The van der Waals surface area contributed by atoms with E-state index in [0.717, 1.165) is 32.5 Å². The lowest BCUT2D eigenvalue weighted by Crippen LogP contribution is -2.29. The summed E-state index contributed by atoms with van der Waals surface area (Å²) < 4.78 is 0. The molecular formula is C10H21N3O2. The Labute approximate surface area is 90.6 Å². The van der Waals surface area contributed by atoms with Gasteiger partial charge >= 0.3 is 0 Å². The van der Waals surface area contributed by atoms with Crippen LogP contribution in [0, 0.1) is 0 Å². The maximum atomic E-state index is 11.3. The van der Waals surface area contributed by atoms with Crippen molar-refractivity contribution in [2.75, 3.05) is 32.7 Å². The number of nitrogens with zero attached hydrogens (tertiary/aromatic N) is 1. The molecule has 0 aromatic carbocycles. The first-order valence-corrected chi connectivity index (χ1v) is 5.60. The quantitative estimate of drug-likeness (QED) is 0.471. The molecule has 0 aliphatic carbocycles. The third-order valence-electron chi connectivity index (χ3n) is 2.53. The highest BCUT2D eigenvalue weighted by Crippen LogP contribution is 2.10. The molecule has 0 saturated carbocycles. The average molecular weight is 215 g/mol. The molecule has 0 aromatic rings. The standard InChI is InChI=1S/C10H21N3O2/c11-3-1-4-12-5-2-6-13-8-9(14)7-10(13)15/h9,12,14H,1-8,11H2. The van der Waals surface area contributed by atoms with Crippen molar-refractivity contribution < 1.29 is 9.90 Å². The summed E-state index contributed by atoms with van der Waals surface area (Å²) in [5, 5.41) is 12.5. The van der Waals surface area contributed by atoms with Crippen molar-refractivity contribution in [3.63, 3.8) is 0 Å². The Morgan fingerprint density at radius 1 is 1.47 bits per heavy atom. The van der Waals surface area contributed by atoms with Gasteiger partial charge in [0, 0.05) is 13.1 Å². The van der Waals surface area contributed by atoms with E-state index >= 15 is 0 Å². The minimum atomic E-state index is -0.456. The zero-order valence-electron chi connectivity index (χ0n) is 9.11. The molecule has 1 heterocycles. The summed E-state index contributed by atoms with van der Waals surface area (Å²) in [4.78, 5) is 13.0. The van der Waals surface area contributed by atoms with Crippen LogP contribution in [0.3, 0.4) is 0 Å². The van der Waals surface area contributed by atoms with Crippen molar-refractivity contribution in [3.8, 4) is 0 Å². The molecule has 88 valence electrons. The van der Waals surface area contributed by atoms with Gasteiger partial charge in [0.25, 0.3) is 0 Å². The zero-order valence-corrected chi connectivity index (χ0v) is 9.11. The van der Waals surface area contributed by atoms with Gasteiger partial charge in [0.1, 0.15) is 0 Å². The van der Waals surface area contributed by atoms with E-state index in [1.807, 2.05) is 0 Å². The second kappa shape index (κ2) is 6.76. The number of carbonyl (C=O) groups is 1. The number of carbonyl (C=O) groups excluding carboxylic acids is 1. The number of nitrogens with one attached hydrogen (secondary N) is 1. The number of nitrogens with two attached hydrogens (primary N) is 1. The third kappa shape index (κ3) is 4.59. The van der Waals surface area contributed by atoms with Gasteiger partial charge in [-0.2, -0.15) is 0 Å². The number of amides is 1. The van der Waals surface area contributed by atoms with Crippen LogP contribution in [0.25, 0.3) is 0 Å². The molecule has 1 atom stereocenters. The molecule has 1 saturated heterocycles. The van der Waals surface area contributed by atoms with Crippen LogP contribution in [0.5, 0.6) is 0 Å². The van der Waals surface area contributed by atoms with E-state index in [4.69, 9.17) is 5.73 Å². The van der Waals surface area contributed by atoms with E-state index < -0.39 is 6.10 Å². The molecule has 1 unspecified atom stereocenters. The predicted octanol–water partition coefficient (Wildman–Crippen LogP) is -1.09. The molecule has 1 aliphatic rings. The van der Waals surface area contributed by atoms with Crippen molar-refractivity contribution in [2.45, 2.75) is 25.4 Å². The van der Waals surface area contributed by atoms with Crippen LogP contribution in [0.15, 0.2) is 0 Å². The van der Waals surface area contributed by atoms with Gasteiger partial charge in [0.05, 0.1) is 12.5 Å². The van der Waals surface area contributed by atoms with Crippen LogP contribution in [-0.4, -0.2) is 54.7 Å². The maximum Gasteiger partial charge on any atom is 0.225 e. The third-order valence-corrected chi connectivity index (χ3v) is 2.53. The fourth-order valence-electron chi connectivity index (χ4n) is 1.71. The van der Waals surface area contributed by atoms with Gasteiger partial charge in [0.15, 0.2) is 0 Å². The van der Waals surface area contributed by atoms with Crippen LogP contribution in [0.4, 0.5) is 0 Å². The van der Waals surface area contributed by atoms with Crippen LogP contribution < -0.4 is 11.1 Å². The lowest BCUT2D eigenvalue weighted by molar-refractivity contribution is -0.127. The van der Waals surface area contributed by atoms with Crippen molar-refractivity contribution in [2.24, 2.45) is 5.73 Å². The first-order chi connectivity index (χ1) is 7.24. The van der Waals surface area contributed by atoms with E-state index in [1.165, 1.54) is 0 Å². The van der Waals surface area contributed by atoms with Gasteiger partial charge in [-0.1, -0.05) is 0 Å². The average Bonchev–Trinajstić information content (AvgIpc) is 2.51. The number of aliphatic hydroxyl groups excluding tert-OH is 1. The molecule has 4 N–H and O–H groups in total. The molecule has 0 radical (unpaired) electrons. The monoisotopic (exact) mass is 215 g/mol. The highest BCUT2D eigenvalue weighted by molar-refractivity contribution is 5.78. The van der Waals surface area contributed by atoms with Crippen LogP contribution in [0.1, 0.15) is 19.3 Å². The number of β-amino-alcohol motifs (C(OH)–C–C–N with tert-alkyl or cyclic N) is 1. The number of likely N-dealkylation sites (tertiary alicyclic amines) is 1. The molecule has 0 bridgehead atoms. The van der Waals surface area contributed by atoms with Gasteiger partial charge in [-0.05, 0) is 32.5 Å². The van der Waals surface area contributed by atoms with Gasteiger partial charge in [-0.25, -0.2) is 0 Å². The smallest absolute Gasteiger partial charge is 0.225 e. The van der Waals surface area contributed by atoms with E-state index in [2.05, 4.69) is 5.32 Å². The van der Waals surface area contributed by atoms with E-state index in [1.54, 1.807) is 4.90 Å². The molecule has 0 aromatic heterocycles. The molecule has 1 aliphatic heterocycles. The fraction of sp³-hybridized carbons (Fsp3) is 0.900. The Hall–Kier alpha value is -0.650. The van der Waals surface area contributed by atoms with Crippen LogP contribution >= 0.6 is 0 Å². The summed E-state index contributed by atoms with van der Waals surface area (Å²) in [6.45, 7) is 3.80. The summed E-state index contributed by atoms with van der Waals surface area (Å²) in [5.74, 6) is 0.0736. The first kappa shape index (κ1) is 12.4. The van der Waals surface area contributed by atoms with Crippen molar-refractivity contribution in [1.29, 1.82) is 0 Å². The predicted molar refractivity (Wildman–Crippen MR) is 58.4 cm³/mol. The molecule has 5 heteroatoms. The minimum absolute atomic E-state index is 0.0736. The lowest BCUT2D eigenvalue weighted by atomic mass is 10.3. The number of hydrogen-bond donors (Lipinski definition) is 3. The topological polar surface area (TPSA) is 78.6 Å². The Morgan fingerprint density at radius 2 is 2.20 bits per heavy atom. The molecule has 1 amide bonds. The number of rotatable bonds is 7. The van der Waals surface area contributed by atoms with Gasteiger partial charge in [-0.3, -0.25) is 4.79 Å². The van der Waals surface area contributed by atoms with Crippen molar-refractivity contribution >= 4 is 5.91 Å². The van der Waals surface area contributed by atoms with Gasteiger partial charge in [-0.15, -0.1) is 0 Å². The largest absolute Gasteiger partial charge is 0.391 e. The Balaban J connectivity index is 1.98. The number of aliphatic hydroxyl groups is 1. The summed E-state index contributed by atoms with van der Waals surface area (Å²) in [5.41, 5.74) is 5.36. The fourth-order valence-corrected chi connectivity index (χ4v) is 1.71. The van der Waals surface area contributed by atoms with E-state index in [9.17, 15) is 9.90 Å². The summed E-state index contributed by atoms with van der Waals surface area (Å²) in [7, 11) is 0. The second-order valence-corrected chi connectivity index (χ2v) is 3.94. The Bertz CT molecular complexity index is 199. The summed E-state index contributed by atoms with van der Waals surface area (Å²) in [6, 6.07) is 0. The molecule has 1 fully saturated rings. The zero-order chi connectivity index (χ0) is 11.1. The van der Waals surface area contributed by atoms with E-state index in [-0.39, 0.29) is 5.91 Å². The highest BCUT2D eigenvalue weighted by Gasteiger charge is 2.26. The first-order valence-electron chi connectivity index (χ1n) is 5.60. The van der Waals surface area contributed by atoms with E-state index in [0.29, 0.717) is 19.5 Å². The van der Waals surface area contributed by atoms with Crippen LogP contribution in [0.2, 0.25) is 0 Å². The minimum Gasteiger partial charge on any atom is -0.391 e. The lowest BCUT2D eigenvalue weighted by Gasteiger charge is -2.15. The summed E-state index contributed by atoms with van der Waals surface area (Å²) >= 11 is 0. The molecule has 15 heavy (non-hydrogen) atoms. The molecule has 1 rings (SSSR count).